The number of aromatic nitrogens is 2. The number of rotatable bonds is 58. The van der Waals surface area contributed by atoms with E-state index in [9.17, 15) is 91.7 Å². The molecule has 2 aromatic rings. The lowest BCUT2D eigenvalue weighted by atomic mass is 10.00. The molecule has 31 N–H and O–H groups in total. The van der Waals surface area contributed by atoms with Gasteiger partial charge in [0.2, 0.25) is 94.5 Å². The smallest absolute Gasteiger partial charge is 0.326 e. The molecule has 1 aromatic carbocycles. The minimum atomic E-state index is -1.84. The van der Waals surface area contributed by atoms with Gasteiger partial charge in [0.25, 0.3) is 0 Å². The van der Waals surface area contributed by atoms with Gasteiger partial charge < -0.3 is 138 Å². The van der Waals surface area contributed by atoms with E-state index < -0.39 is 240 Å². The number of nitrogens with zero attached hydrogens (tertiary/aromatic N) is 4. The molecule has 16 amide bonds. The van der Waals surface area contributed by atoms with Crippen LogP contribution in [0.1, 0.15) is 162 Å². The standard InChI is InChI=1S/C84H138N28O19S3/c1-44(2)35-55(103-66(115)49(85)41-132)71(120)101-53(25-26-64(86)114)69(118)99-50(19-11-28-94-82(87)88)67(116)98-51(20-12-29-95-83(89)90)68(117)108-60(42-133)75(124)102-54(27-34-134-7)78(127)110-31-14-22-61(110)76(125)105-56(36-45(3)4)72(121)104-57(38-48-39-93-43-97-48)73(122)107-59(40-113)74(123)100-52(21-13-30-96-84(91)92)70(119)109-65(46(5)6)80(129)111-32-15-23-62(111)77(126)106-58(37-47-17-9-8-10-18-47)79(128)112-33-16-24-63(112)81(130)131/h8-10,17-18,39,43-46,49-63,65,113,132-133H,11-16,19-38,40-42,85H2,1-7H3,(H2,86,114)(H,93,97)(H,98,116)(H,99,118)(H,100,123)(H,101,120)(H,102,124)(H,103,115)(H,104,121)(H,105,125)(H,106,126)(H,107,122)(H,108,117)(H,109,119)(H,130,131)(H4,87,88,94)(H4,89,90,95)(H4,91,92,96)/t49-,50+,51+,52+,53+,54+,55+,56+,57+,58+,59+,60+,61+,62+,63+,65+/m0/s1. The van der Waals surface area contributed by atoms with Gasteiger partial charge in [-0.25, -0.2) is 9.78 Å². The second-order valence-corrected chi connectivity index (χ2v) is 36.1. The van der Waals surface area contributed by atoms with Crippen LogP contribution in [-0.4, -0.2) is 319 Å². The highest BCUT2D eigenvalue weighted by atomic mass is 32.2. The van der Waals surface area contributed by atoms with Gasteiger partial charge in [-0.15, -0.1) is 0 Å². The summed E-state index contributed by atoms with van der Waals surface area (Å²) in [7, 11) is 0. The molecular weight excluding hydrogens is 1800 g/mol. The van der Waals surface area contributed by atoms with Crippen molar-refractivity contribution in [3.05, 3.63) is 54.1 Å². The molecule has 0 saturated carbocycles. The van der Waals surface area contributed by atoms with E-state index in [2.05, 4.69) is 115 Å². The zero-order valence-corrected chi connectivity index (χ0v) is 79.4. The van der Waals surface area contributed by atoms with Crippen molar-refractivity contribution >= 4 is 155 Å². The van der Waals surface area contributed by atoms with Crippen molar-refractivity contribution in [1.82, 2.24) is 104 Å². The zero-order valence-electron chi connectivity index (χ0n) is 76.8. The number of aliphatic carboxylic acids is 1. The van der Waals surface area contributed by atoms with Crippen molar-refractivity contribution in [1.29, 1.82) is 16.2 Å². The summed E-state index contributed by atoms with van der Waals surface area (Å²) in [6.07, 6.45) is 4.39. The lowest BCUT2D eigenvalue weighted by molar-refractivity contribution is -0.150. The van der Waals surface area contributed by atoms with Gasteiger partial charge in [0.1, 0.15) is 90.6 Å². The summed E-state index contributed by atoms with van der Waals surface area (Å²) in [4.78, 5) is 252. The number of aliphatic hydroxyl groups excluding tert-OH is 1. The van der Waals surface area contributed by atoms with Crippen molar-refractivity contribution in [2.24, 2.45) is 46.4 Å². The van der Waals surface area contributed by atoms with Crippen LogP contribution in [0.3, 0.4) is 0 Å². The van der Waals surface area contributed by atoms with Crippen LogP contribution in [0.25, 0.3) is 0 Å². The third-order valence-corrected chi connectivity index (χ3v) is 23.9. The maximum atomic E-state index is 15.0. The highest BCUT2D eigenvalue weighted by Gasteiger charge is 2.46. The number of H-pyrrole nitrogens is 1. The van der Waals surface area contributed by atoms with Gasteiger partial charge in [0.05, 0.1) is 19.0 Å². The number of aromatic amines is 1. The predicted octanol–water partition coefficient (Wildman–Crippen LogP) is -6.19. The van der Waals surface area contributed by atoms with Crippen LogP contribution in [0.2, 0.25) is 0 Å². The molecule has 0 radical (unpaired) electrons. The number of guanidine groups is 3. The second-order valence-electron chi connectivity index (χ2n) is 34.4. The van der Waals surface area contributed by atoms with E-state index in [0.717, 1.165) is 0 Å². The number of amides is 16. The van der Waals surface area contributed by atoms with Crippen LogP contribution in [0.5, 0.6) is 0 Å². The molecule has 3 aliphatic heterocycles. The normalized spacial score (nSPS) is 17.6. The maximum absolute atomic E-state index is 15.0. The quantitative estimate of drug-likeness (QED) is 0.0127. The highest BCUT2D eigenvalue weighted by molar-refractivity contribution is 7.98. The van der Waals surface area contributed by atoms with Gasteiger partial charge in [-0.3, -0.25) is 92.9 Å². The molecule has 0 spiro atoms. The number of aliphatic hydroxyl groups is 1. The topological polar surface area (TPSA) is 751 Å². The molecular formula is C84H138N28O19S3. The molecule has 3 saturated heterocycles. The van der Waals surface area contributed by atoms with E-state index in [-0.39, 0.29) is 165 Å². The fourth-order valence-electron chi connectivity index (χ4n) is 15.4. The largest absolute Gasteiger partial charge is 0.480 e. The third-order valence-electron chi connectivity index (χ3n) is 22.5. The van der Waals surface area contributed by atoms with Crippen LogP contribution >= 0.6 is 37.0 Å². The summed E-state index contributed by atoms with van der Waals surface area (Å²) < 4.78 is 0. The van der Waals surface area contributed by atoms with Gasteiger partial charge in [0.15, 0.2) is 17.9 Å². The maximum Gasteiger partial charge on any atom is 0.326 e. The number of likely N-dealkylation sites (tertiary alicyclic amines) is 3. The molecule has 16 atom stereocenters. The number of carboxylic acid groups (broad SMARTS) is 1. The lowest BCUT2D eigenvalue weighted by Gasteiger charge is -2.33. The van der Waals surface area contributed by atoms with Crippen LogP contribution in [0, 0.1) is 34.0 Å². The Hall–Kier alpha value is -11.8. The summed E-state index contributed by atoms with van der Waals surface area (Å²) in [6.45, 7) is 9.49. The number of nitrogens with two attached hydrogens (primary N) is 5. The number of thioether (sulfide) groups is 1. The van der Waals surface area contributed by atoms with Gasteiger partial charge in [-0.1, -0.05) is 71.9 Å². The Bertz CT molecular complexity index is 4330. The Morgan fingerprint density at radius 3 is 1.29 bits per heavy atom. The Morgan fingerprint density at radius 2 is 0.858 bits per heavy atom. The molecule has 1 aromatic heterocycles. The first kappa shape index (κ1) is 113. The molecule has 0 aliphatic carbocycles. The number of thiol groups is 2. The van der Waals surface area contributed by atoms with Crippen molar-refractivity contribution < 1.29 is 91.7 Å². The van der Waals surface area contributed by atoms with Crippen molar-refractivity contribution in [2.75, 3.05) is 69.4 Å². The van der Waals surface area contributed by atoms with Gasteiger partial charge in [0, 0.05) is 81.9 Å². The number of carbonyl (C=O) groups is 17. The van der Waals surface area contributed by atoms with Crippen LogP contribution in [0.15, 0.2) is 42.9 Å². The lowest BCUT2D eigenvalue weighted by Crippen LogP contribution is -2.62. The third kappa shape index (κ3) is 37.6. The second kappa shape index (κ2) is 57.7. The molecule has 3 fully saturated rings. The van der Waals surface area contributed by atoms with Crippen molar-refractivity contribution in [3.63, 3.8) is 0 Å². The number of carbonyl (C=O) groups excluding carboxylic acids is 16. The Labute approximate surface area is 793 Å². The summed E-state index contributed by atoms with van der Waals surface area (Å²) in [6, 6.07) is -13.5. The Morgan fingerprint density at radius 1 is 0.470 bits per heavy atom. The van der Waals surface area contributed by atoms with Crippen molar-refractivity contribution in [3.8, 4) is 0 Å². The van der Waals surface area contributed by atoms with Gasteiger partial charge >= 0.3 is 5.97 Å². The molecule has 0 bridgehead atoms. The first-order chi connectivity index (χ1) is 63.5. The minimum absolute atomic E-state index is 0.00194. The van der Waals surface area contributed by atoms with Gasteiger partial charge in [-0.2, -0.15) is 37.0 Å². The first-order valence-electron chi connectivity index (χ1n) is 44.9. The zero-order chi connectivity index (χ0) is 99.6. The molecule has 0 unspecified atom stereocenters. The van der Waals surface area contributed by atoms with E-state index in [1.807, 2.05) is 0 Å². The van der Waals surface area contributed by atoms with Crippen LogP contribution in [0.4, 0.5) is 0 Å². The molecule has 50 heteroatoms. The molecule has 47 nitrogen and oxygen atoms in total. The van der Waals surface area contributed by atoms with Gasteiger partial charge in [-0.05, 0) is 138 Å². The summed E-state index contributed by atoms with van der Waals surface area (Å²) in [5, 5.41) is 83.3. The number of hydrogen-bond acceptors (Lipinski definition) is 26. The Kier molecular flexibility index (Phi) is 48.5. The fraction of sp³-hybridized carbons (Fsp3) is 0.655. The van der Waals surface area contributed by atoms with E-state index in [4.69, 9.17) is 44.9 Å². The summed E-state index contributed by atoms with van der Waals surface area (Å²) in [5.74, 6) is -17.5. The number of nitrogens with one attached hydrogen (secondary N) is 19. The number of primary amides is 1. The highest BCUT2D eigenvalue weighted by Crippen LogP contribution is 2.26. The Balaban J connectivity index is 1.34. The number of hydrogen-bond donors (Lipinski definition) is 28. The van der Waals surface area contributed by atoms with Crippen LogP contribution < -0.4 is 108 Å². The number of carboxylic acids is 1. The SMILES string of the molecule is CSCC[C@@H](NC(=O)[C@@H](CS)NC(=O)[C@@H](CCCNC(=N)N)NC(=O)[C@@H](CCCNC(=N)N)NC(=O)[C@@H](CCC(N)=O)NC(=O)[C@@H](CC(C)C)NC(=O)[C@@H](N)CS)C(=O)N1CCC[C@@H]1C(=O)N[C@H](CC(C)C)C(=O)N[C@H](Cc1cnc[nH]1)C(=O)N[C@H](CO)C(=O)N[C@H](CCCNC(=N)N)C(=O)N[C@@H](C(=O)N1CCC[C@@H]1C(=O)N[C@H](Cc1ccccc1)C(=O)N1CCC[C@@H]1C(=O)O)C(C)C. The molecule has 5 rings (SSSR count). The average Bonchev–Trinajstić information content (AvgIpc) is 1.67. The molecule has 4 heterocycles. The molecule has 134 heavy (non-hydrogen) atoms. The number of imidazole rings is 1. The molecule has 3 aliphatic rings. The van der Waals surface area contributed by atoms with Crippen molar-refractivity contribution in [2.45, 2.75) is 260 Å². The monoisotopic (exact) mass is 1940 g/mol. The van der Waals surface area contributed by atoms with E-state index in [0.29, 0.717) is 24.1 Å². The van der Waals surface area contributed by atoms with E-state index in [1.165, 1.54) is 39.0 Å². The minimum Gasteiger partial charge on any atom is -0.480 e. The number of benzene rings is 1. The summed E-state index contributed by atoms with van der Waals surface area (Å²) >= 11 is 9.78. The predicted molar refractivity (Wildman–Crippen MR) is 503 cm³/mol. The first-order valence-corrected chi connectivity index (χ1v) is 47.6. The molecule has 746 valence electrons. The van der Waals surface area contributed by atoms with E-state index >= 15 is 0 Å². The van der Waals surface area contributed by atoms with E-state index in [1.54, 1.807) is 78.1 Å². The fourth-order valence-corrected chi connectivity index (χ4v) is 16.3. The van der Waals surface area contributed by atoms with Crippen LogP contribution in [-0.2, 0) is 94.3 Å². The average molecular weight is 1940 g/mol. The summed E-state index contributed by atoms with van der Waals surface area (Å²) in [5.41, 5.74) is 29.0.